The van der Waals surface area contributed by atoms with E-state index in [0.717, 1.165) is 16.9 Å². The number of ether oxygens (including phenoxy) is 2. The first-order valence-electron chi connectivity index (χ1n) is 8.78. The largest absolute Gasteiger partial charge is 0.489 e. The van der Waals surface area contributed by atoms with Crippen molar-refractivity contribution in [1.82, 2.24) is 0 Å². The van der Waals surface area contributed by atoms with E-state index in [1.807, 2.05) is 60.7 Å². The van der Waals surface area contributed by atoms with E-state index in [4.69, 9.17) is 9.47 Å². The molecule has 0 N–H and O–H groups in total. The summed E-state index contributed by atoms with van der Waals surface area (Å²) < 4.78 is 10.7. The lowest BCUT2D eigenvalue weighted by atomic mass is 10.2. The molecule has 1 aromatic heterocycles. The third-order valence-electron chi connectivity index (χ3n) is 3.87. The number of nitroso groups, excluding NO2 is 1. The van der Waals surface area contributed by atoms with Gasteiger partial charge in [0.1, 0.15) is 22.9 Å². The predicted molar refractivity (Wildman–Crippen MR) is 112 cm³/mol. The third-order valence-corrected chi connectivity index (χ3v) is 4.94. The minimum atomic E-state index is -0.447. The second-order valence-electron chi connectivity index (χ2n) is 5.85. The monoisotopic (exact) mass is 393 g/mol. The fraction of sp³-hybridized carbons (Fsp3) is 0.136. The molecular formula is C22H19NO4S. The van der Waals surface area contributed by atoms with Crippen molar-refractivity contribution in [3.8, 4) is 5.75 Å². The molecule has 0 aliphatic carbocycles. The highest BCUT2D eigenvalue weighted by Gasteiger charge is 2.14. The van der Waals surface area contributed by atoms with Gasteiger partial charge in [0, 0.05) is 0 Å². The van der Waals surface area contributed by atoms with Gasteiger partial charge in [0.2, 0.25) is 0 Å². The summed E-state index contributed by atoms with van der Waals surface area (Å²) in [6, 6.07) is 19.0. The number of hydrogen-bond acceptors (Lipinski definition) is 6. The van der Waals surface area contributed by atoms with Crippen molar-refractivity contribution in [1.29, 1.82) is 0 Å². The highest BCUT2D eigenvalue weighted by atomic mass is 32.1. The van der Waals surface area contributed by atoms with Gasteiger partial charge in [-0.05, 0) is 47.5 Å². The van der Waals surface area contributed by atoms with Gasteiger partial charge >= 0.3 is 5.97 Å². The third kappa shape index (κ3) is 5.14. The molecule has 142 valence electrons. The maximum Gasteiger partial charge on any atom is 0.348 e. The Morgan fingerprint density at radius 3 is 2.50 bits per heavy atom. The fourth-order valence-corrected chi connectivity index (χ4v) is 3.36. The Bertz CT molecular complexity index is 962. The summed E-state index contributed by atoms with van der Waals surface area (Å²) in [5.41, 5.74) is 2.28. The van der Waals surface area contributed by atoms with Crippen molar-refractivity contribution in [3.05, 3.63) is 86.5 Å². The van der Waals surface area contributed by atoms with Crippen molar-refractivity contribution in [2.24, 2.45) is 5.18 Å². The molecule has 0 aliphatic rings. The Morgan fingerprint density at radius 1 is 1.07 bits per heavy atom. The number of benzene rings is 2. The van der Waals surface area contributed by atoms with Crippen LogP contribution in [0.5, 0.6) is 5.75 Å². The van der Waals surface area contributed by atoms with Gasteiger partial charge in [0.25, 0.3) is 0 Å². The first-order valence-corrected chi connectivity index (χ1v) is 9.60. The van der Waals surface area contributed by atoms with Crippen molar-refractivity contribution in [2.75, 3.05) is 6.61 Å². The SMILES string of the molecule is CCOC(=O)c1cc(N=O)c(/C=C/c2ccc(OCc3ccccc3)cc2)s1. The molecule has 0 radical (unpaired) electrons. The number of esters is 1. The Kier molecular flexibility index (Phi) is 6.70. The molecule has 0 bridgehead atoms. The minimum absolute atomic E-state index is 0.229. The topological polar surface area (TPSA) is 65.0 Å². The summed E-state index contributed by atoms with van der Waals surface area (Å²) in [6.07, 6.45) is 3.63. The lowest BCUT2D eigenvalue weighted by Crippen LogP contribution is -2.01. The molecule has 3 rings (SSSR count). The molecule has 0 amide bonds. The molecule has 0 aliphatic heterocycles. The molecule has 5 nitrogen and oxygen atoms in total. The number of nitrogens with zero attached hydrogens (tertiary/aromatic N) is 1. The van der Waals surface area contributed by atoms with E-state index in [9.17, 15) is 9.70 Å². The van der Waals surface area contributed by atoms with Crippen LogP contribution in [-0.4, -0.2) is 12.6 Å². The zero-order valence-corrected chi connectivity index (χ0v) is 16.1. The van der Waals surface area contributed by atoms with Gasteiger partial charge in [-0.15, -0.1) is 16.2 Å². The second-order valence-corrected chi connectivity index (χ2v) is 6.93. The van der Waals surface area contributed by atoms with Crippen LogP contribution in [-0.2, 0) is 11.3 Å². The molecule has 0 unspecified atom stereocenters. The lowest BCUT2D eigenvalue weighted by Gasteiger charge is -2.06. The Labute approximate surface area is 167 Å². The van der Waals surface area contributed by atoms with Gasteiger partial charge in [-0.25, -0.2) is 4.79 Å². The standard InChI is InChI=1S/C22H19NO4S/c1-2-26-22(24)21-14-19(23-25)20(28-21)13-10-16-8-11-18(12-9-16)27-15-17-6-4-3-5-7-17/h3-14H,2,15H2,1H3/b13-10+. The first kappa shape index (κ1) is 19.5. The van der Waals surface area contributed by atoms with E-state index >= 15 is 0 Å². The van der Waals surface area contributed by atoms with Crippen molar-refractivity contribution in [3.63, 3.8) is 0 Å². The van der Waals surface area contributed by atoms with Crippen molar-refractivity contribution in [2.45, 2.75) is 13.5 Å². The molecule has 3 aromatic rings. The quantitative estimate of drug-likeness (QED) is 0.344. The summed E-state index contributed by atoms with van der Waals surface area (Å²) in [4.78, 5) is 23.8. The molecule has 0 fully saturated rings. The summed E-state index contributed by atoms with van der Waals surface area (Å²) in [5, 5.41) is 2.99. The van der Waals surface area contributed by atoms with Gasteiger partial charge in [-0.1, -0.05) is 48.5 Å². The van der Waals surface area contributed by atoms with Crippen molar-refractivity contribution < 1.29 is 14.3 Å². The van der Waals surface area contributed by atoms with Gasteiger partial charge in [0.15, 0.2) is 0 Å². The average Bonchev–Trinajstić information content (AvgIpc) is 3.16. The highest BCUT2D eigenvalue weighted by Crippen LogP contribution is 2.32. The molecular weight excluding hydrogens is 374 g/mol. The summed E-state index contributed by atoms with van der Waals surface area (Å²) in [7, 11) is 0. The number of carbonyl (C=O) groups is 1. The summed E-state index contributed by atoms with van der Waals surface area (Å²) in [6.45, 7) is 2.53. The van der Waals surface area contributed by atoms with Gasteiger partial charge in [-0.2, -0.15) is 0 Å². The number of hydrogen-bond donors (Lipinski definition) is 0. The van der Waals surface area contributed by atoms with E-state index in [2.05, 4.69) is 5.18 Å². The van der Waals surface area contributed by atoms with Crippen LogP contribution in [0.4, 0.5) is 5.69 Å². The molecule has 6 heteroatoms. The van der Waals surface area contributed by atoms with E-state index in [-0.39, 0.29) is 12.3 Å². The maximum atomic E-state index is 11.8. The summed E-state index contributed by atoms with van der Waals surface area (Å²) >= 11 is 1.18. The van der Waals surface area contributed by atoms with E-state index in [0.29, 0.717) is 16.4 Å². The molecule has 28 heavy (non-hydrogen) atoms. The molecule has 0 saturated carbocycles. The van der Waals surface area contributed by atoms with Gasteiger partial charge in [-0.3, -0.25) is 0 Å². The van der Waals surface area contributed by atoms with Crippen LogP contribution in [0.1, 0.15) is 32.6 Å². The van der Waals surface area contributed by atoms with Crippen molar-refractivity contribution >= 4 is 35.1 Å². The predicted octanol–water partition coefficient (Wildman–Crippen LogP) is 6.07. The van der Waals surface area contributed by atoms with Gasteiger partial charge in [0.05, 0.1) is 11.5 Å². The maximum absolute atomic E-state index is 11.8. The lowest BCUT2D eigenvalue weighted by molar-refractivity contribution is 0.0532. The van der Waals surface area contributed by atoms with Crippen LogP contribution >= 0.6 is 11.3 Å². The zero-order chi connectivity index (χ0) is 19.8. The van der Waals surface area contributed by atoms with E-state index in [1.165, 1.54) is 17.4 Å². The van der Waals surface area contributed by atoms with Crippen LogP contribution in [0.25, 0.3) is 12.2 Å². The van der Waals surface area contributed by atoms with Gasteiger partial charge < -0.3 is 9.47 Å². The summed E-state index contributed by atoms with van der Waals surface area (Å²) in [5.74, 6) is 0.328. The first-order chi connectivity index (χ1) is 13.7. The van der Waals surface area contributed by atoms with E-state index in [1.54, 1.807) is 13.0 Å². The number of carbonyl (C=O) groups excluding carboxylic acids is 1. The molecule has 2 aromatic carbocycles. The minimum Gasteiger partial charge on any atom is -0.489 e. The van der Waals surface area contributed by atoms with Crippen LogP contribution < -0.4 is 4.74 Å². The second kappa shape index (κ2) is 9.62. The fourth-order valence-electron chi connectivity index (χ4n) is 2.48. The van der Waals surface area contributed by atoms with Crippen LogP contribution in [0.15, 0.2) is 65.8 Å². The number of rotatable bonds is 8. The van der Waals surface area contributed by atoms with Crippen LogP contribution in [0.3, 0.4) is 0 Å². The average molecular weight is 393 g/mol. The molecule has 0 saturated heterocycles. The molecule has 0 spiro atoms. The smallest absolute Gasteiger partial charge is 0.348 e. The van der Waals surface area contributed by atoms with Crippen LogP contribution in [0, 0.1) is 4.91 Å². The number of thiophene rings is 1. The highest BCUT2D eigenvalue weighted by molar-refractivity contribution is 7.15. The van der Waals surface area contributed by atoms with Crippen LogP contribution in [0.2, 0.25) is 0 Å². The zero-order valence-electron chi connectivity index (χ0n) is 15.3. The Morgan fingerprint density at radius 2 is 1.82 bits per heavy atom. The Balaban J connectivity index is 1.65. The molecule has 1 heterocycles. The van der Waals surface area contributed by atoms with E-state index < -0.39 is 5.97 Å². The normalized spacial score (nSPS) is 10.8. The molecule has 0 atom stereocenters. The Hall–Kier alpha value is -3.25.